The zero-order valence-corrected chi connectivity index (χ0v) is 27.4. The van der Waals surface area contributed by atoms with Gasteiger partial charge in [0.2, 0.25) is 0 Å². The minimum Gasteiger partial charge on any atom is -0.456 e. The number of fused-ring (bicyclic) bond motifs is 3. The van der Waals surface area contributed by atoms with E-state index in [0.717, 1.165) is 72.0 Å². The fourth-order valence-corrected chi connectivity index (χ4v) is 6.69. The van der Waals surface area contributed by atoms with E-state index < -0.39 is 0 Å². The van der Waals surface area contributed by atoms with Gasteiger partial charge in [-0.15, -0.1) is 0 Å². The Morgan fingerprint density at radius 2 is 0.941 bits per heavy atom. The second-order valence-electron chi connectivity index (χ2n) is 12.3. The molecule has 0 N–H and O–H groups in total. The highest BCUT2D eigenvalue weighted by Gasteiger charge is 2.18. The van der Waals surface area contributed by atoms with Crippen molar-refractivity contribution in [2.24, 2.45) is 0 Å². The lowest BCUT2D eigenvalue weighted by molar-refractivity contribution is 0.669. The summed E-state index contributed by atoms with van der Waals surface area (Å²) < 4.78 is 6.48. The number of benzene rings is 7. The number of nitrogens with zero attached hydrogens (tertiary/aromatic N) is 4. The van der Waals surface area contributed by atoms with Crippen molar-refractivity contribution in [3.63, 3.8) is 0 Å². The van der Waals surface area contributed by atoms with Gasteiger partial charge in [-0.3, -0.25) is 0 Å². The van der Waals surface area contributed by atoms with E-state index >= 15 is 0 Å². The molecule has 238 valence electrons. The molecule has 7 aromatic carbocycles. The SMILES string of the molecule is [C-]#[N+]c1ccc(-c2cccc(-c3nc(-c4ccc5c(c4)oc4cccc(-c6ccccc6)c45)nc(-c4ccccc4-c4ccccc4)n3)c2)cc1. The molecule has 0 radical (unpaired) electrons. The maximum absolute atomic E-state index is 7.33. The minimum absolute atomic E-state index is 0.551. The molecule has 0 aliphatic heterocycles. The molecule has 0 saturated heterocycles. The average molecular weight is 653 g/mol. The molecule has 0 spiro atoms. The molecule has 0 unspecified atom stereocenters. The topological polar surface area (TPSA) is 56.2 Å². The normalized spacial score (nSPS) is 11.1. The standard InChI is InChI=1S/C46H28N4O/c1-47-36-25-22-30(23-26-36)33-16-10-17-34(28-33)44-48-45(50-46(49-44)39-19-9-8-18-37(39)31-12-4-2-5-13-31)35-24-27-40-42(29-35)51-41-21-11-20-38(43(40)41)32-14-6-3-7-15-32/h2-29H. The molecule has 51 heavy (non-hydrogen) atoms. The highest BCUT2D eigenvalue weighted by molar-refractivity contribution is 6.13. The van der Waals surface area contributed by atoms with Gasteiger partial charge in [-0.1, -0.05) is 146 Å². The monoisotopic (exact) mass is 652 g/mol. The van der Waals surface area contributed by atoms with E-state index in [-0.39, 0.29) is 0 Å². The lowest BCUT2D eigenvalue weighted by Crippen LogP contribution is -2.01. The Bertz CT molecular complexity index is 2750. The zero-order chi connectivity index (χ0) is 34.1. The fourth-order valence-electron chi connectivity index (χ4n) is 6.69. The van der Waals surface area contributed by atoms with Gasteiger partial charge in [0.15, 0.2) is 23.2 Å². The first-order chi connectivity index (χ1) is 25.2. The third kappa shape index (κ3) is 5.61. The smallest absolute Gasteiger partial charge is 0.187 e. The lowest BCUT2D eigenvalue weighted by Gasteiger charge is -2.12. The van der Waals surface area contributed by atoms with Gasteiger partial charge >= 0.3 is 0 Å². The van der Waals surface area contributed by atoms with E-state index in [9.17, 15) is 0 Å². The van der Waals surface area contributed by atoms with E-state index in [1.54, 1.807) is 0 Å². The van der Waals surface area contributed by atoms with Gasteiger partial charge in [0.05, 0.1) is 6.57 Å². The summed E-state index contributed by atoms with van der Waals surface area (Å²) in [6.45, 7) is 7.33. The van der Waals surface area contributed by atoms with Crippen molar-refractivity contribution in [1.82, 2.24) is 15.0 Å². The lowest BCUT2D eigenvalue weighted by atomic mass is 9.98. The van der Waals surface area contributed by atoms with Crippen LogP contribution in [0.3, 0.4) is 0 Å². The summed E-state index contributed by atoms with van der Waals surface area (Å²) in [6.07, 6.45) is 0. The first kappa shape index (κ1) is 29.9. The molecule has 5 nitrogen and oxygen atoms in total. The predicted molar refractivity (Wildman–Crippen MR) is 206 cm³/mol. The van der Waals surface area contributed by atoms with Crippen molar-refractivity contribution in [3.05, 3.63) is 181 Å². The second-order valence-corrected chi connectivity index (χ2v) is 12.3. The van der Waals surface area contributed by atoms with Crippen LogP contribution in [0.5, 0.6) is 0 Å². The van der Waals surface area contributed by atoms with Crippen LogP contribution < -0.4 is 0 Å². The Labute approximate surface area is 295 Å². The number of furan rings is 1. The largest absolute Gasteiger partial charge is 0.456 e. The molecule has 0 amide bonds. The molecule has 9 aromatic rings. The van der Waals surface area contributed by atoms with Crippen molar-refractivity contribution >= 4 is 27.6 Å². The molecule has 9 rings (SSSR count). The van der Waals surface area contributed by atoms with Crippen LogP contribution in [-0.2, 0) is 0 Å². The van der Waals surface area contributed by atoms with E-state index in [2.05, 4.69) is 83.7 Å². The summed E-state index contributed by atoms with van der Waals surface area (Å²) in [6, 6.07) is 57.1. The summed E-state index contributed by atoms with van der Waals surface area (Å²) in [4.78, 5) is 18.9. The number of hydrogen-bond acceptors (Lipinski definition) is 4. The van der Waals surface area contributed by atoms with Crippen molar-refractivity contribution in [2.45, 2.75) is 0 Å². The predicted octanol–water partition coefficient (Wildman–Crippen LogP) is 12.3. The molecule has 0 aliphatic carbocycles. The molecule has 0 fully saturated rings. The number of aromatic nitrogens is 3. The zero-order valence-electron chi connectivity index (χ0n) is 27.4. The summed E-state index contributed by atoms with van der Waals surface area (Å²) in [7, 11) is 0. The van der Waals surface area contributed by atoms with E-state index in [0.29, 0.717) is 23.2 Å². The van der Waals surface area contributed by atoms with Gasteiger partial charge < -0.3 is 4.42 Å². The third-order valence-corrected chi connectivity index (χ3v) is 9.18. The van der Waals surface area contributed by atoms with Crippen LogP contribution in [0.15, 0.2) is 174 Å². The Balaban J connectivity index is 1.22. The summed E-state index contributed by atoms with van der Waals surface area (Å²) in [5, 5.41) is 2.12. The van der Waals surface area contributed by atoms with Gasteiger partial charge in [0.25, 0.3) is 0 Å². The van der Waals surface area contributed by atoms with E-state index in [4.69, 9.17) is 25.9 Å². The van der Waals surface area contributed by atoms with E-state index in [1.807, 2.05) is 91.0 Å². The molecule has 0 atom stereocenters. The Morgan fingerprint density at radius 1 is 0.392 bits per heavy atom. The number of rotatable bonds is 6. The van der Waals surface area contributed by atoms with Crippen LogP contribution in [0.25, 0.3) is 94.3 Å². The fraction of sp³-hybridized carbons (Fsp3) is 0. The van der Waals surface area contributed by atoms with Crippen molar-refractivity contribution in [2.75, 3.05) is 0 Å². The Morgan fingerprint density at radius 3 is 1.67 bits per heavy atom. The molecule has 0 bridgehead atoms. The second kappa shape index (κ2) is 12.7. The van der Waals surface area contributed by atoms with Crippen LogP contribution in [0.1, 0.15) is 0 Å². The summed E-state index contributed by atoms with van der Waals surface area (Å²) in [5.41, 5.74) is 11.2. The quantitative estimate of drug-likeness (QED) is 0.168. The molecule has 2 aromatic heterocycles. The van der Waals surface area contributed by atoms with E-state index in [1.165, 1.54) is 0 Å². The first-order valence-electron chi connectivity index (χ1n) is 16.7. The van der Waals surface area contributed by atoms with Gasteiger partial charge in [-0.25, -0.2) is 19.8 Å². The van der Waals surface area contributed by atoms with Crippen LogP contribution in [0.4, 0.5) is 5.69 Å². The Hall–Kier alpha value is -7.16. The van der Waals surface area contributed by atoms with Crippen LogP contribution >= 0.6 is 0 Å². The number of hydrogen-bond donors (Lipinski definition) is 0. The van der Waals surface area contributed by atoms with Gasteiger partial charge in [0.1, 0.15) is 11.2 Å². The highest BCUT2D eigenvalue weighted by Crippen LogP contribution is 2.39. The average Bonchev–Trinajstić information content (AvgIpc) is 3.60. The maximum Gasteiger partial charge on any atom is 0.187 e. The van der Waals surface area contributed by atoms with Crippen molar-refractivity contribution in [1.29, 1.82) is 0 Å². The molecular formula is C46H28N4O. The van der Waals surface area contributed by atoms with Crippen LogP contribution in [0, 0.1) is 6.57 Å². The highest BCUT2D eigenvalue weighted by atomic mass is 16.3. The molecular weight excluding hydrogens is 625 g/mol. The van der Waals surface area contributed by atoms with Gasteiger partial charge in [-0.2, -0.15) is 0 Å². The summed E-state index contributed by atoms with van der Waals surface area (Å²) in [5.74, 6) is 1.70. The molecule has 2 heterocycles. The van der Waals surface area contributed by atoms with Crippen molar-refractivity contribution in [3.8, 4) is 67.5 Å². The van der Waals surface area contributed by atoms with Gasteiger partial charge in [0, 0.05) is 27.5 Å². The molecule has 5 heteroatoms. The maximum atomic E-state index is 7.33. The molecule has 0 aliphatic rings. The summed E-state index contributed by atoms with van der Waals surface area (Å²) >= 11 is 0. The minimum atomic E-state index is 0.551. The van der Waals surface area contributed by atoms with Crippen molar-refractivity contribution < 1.29 is 4.42 Å². The van der Waals surface area contributed by atoms with Gasteiger partial charge in [-0.05, 0) is 57.6 Å². The molecule has 0 saturated carbocycles. The van der Waals surface area contributed by atoms with Crippen LogP contribution in [0.2, 0.25) is 0 Å². The Kier molecular flexibility index (Phi) is 7.46. The third-order valence-electron chi connectivity index (χ3n) is 9.18. The first-order valence-corrected chi connectivity index (χ1v) is 16.7. The van der Waals surface area contributed by atoms with Crippen LogP contribution in [-0.4, -0.2) is 15.0 Å².